The van der Waals surface area contributed by atoms with Gasteiger partial charge in [0.2, 0.25) is 6.79 Å². The molecule has 0 unspecified atom stereocenters. The second kappa shape index (κ2) is 2.69. The van der Waals surface area contributed by atoms with Crippen molar-refractivity contribution in [3.8, 4) is 11.5 Å². The van der Waals surface area contributed by atoms with Crippen molar-refractivity contribution in [3.63, 3.8) is 0 Å². The first-order valence-electron chi connectivity index (χ1n) is 3.41. The number of rotatable bonds is 1. The standard InChI is InChI=1S/C7H7N3O2/c8-10-9-5-1-2-6-7(3-5)12-4-11-6/h1-3H,4H2,(H2,8,9). The van der Waals surface area contributed by atoms with Gasteiger partial charge in [-0.2, -0.15) is 0 Å². The van der Waals surface area contributed by atoms with E-state index in [4.69, 9.17) is 15.3 Å². The van der Waals surface area contributed by atoms with E-state index >= 15 is 0 Å². The van der Waals surface area contributed by atoms with Gasteiger partial charge >= 0.3 is 0 Å². The van der Waals surface area contributed by atoms with E-state index in [9.17, 15) is 0 Å². The molecule has 0 radical (unpaired) electrons. The van der Waals surface area contributed by atoms with Crippen LogP contribution in [0.25, 0.3) is 0 Å². The Morgan fingerprint density at radius 2 is 2.08 bits per heavy atom. The lowest BCUT2D eigenvalue weighted by Crippen LogP contribution is -1.92. The Morgan fingerprint density at radius 3 is 2.92 bits per heavy atom. The zero-order valence-electron chi connectivity index (χ0n) is 6.23. The summed E-state index contributed by atoms with van der Waals surface area (Å²) in [6.45, 7) is 0.262. The molecule has 0 amide bonds. The molecule has 0 fully saturated rings. The van der Waals surface area contributed by atoms with Crippen molar-refractivity contribution in [2.24, 2.45) is 16.2 Å². The van der Waals surface area contributed by atoms with Crippen molar-refractivity contribution in [2.45, 2.75) is 0 Å². The Morgan fingerprint density at radius 1 is 1.25 bits per heavy atom. The van der Waals surface area contributed by atoms with Crippen LogP contribution in [0.2, 0.25) is 0 Å². The van der Waals surface area contributed by atoms with Crippen LogP contribution in [0.1, 0.15) is 0 Å². The van der Waals surface area contributed by atoms with Crippen LogP contribution >= 0.6 is 0 Å². The molecule has 0 bridgehead atoms. The summed E-state index contributed by atoms with van der Waals surface area (Å²) in [6.07, 6.45) is 0. The monoisotopic (exact) mass is 165 g/mol. The Bertz CT molecular complexity index is 324. The quantitative estimate of drug-likeness (QED) is 0.388. The Balaban J connectivity index is 2.38. The maximum atomic E-state index is 5.12. The molecule has 12 heavy (non-hydrogen) atoms. The number of hydrogen-bond acceptors (Lipinski definition) is 4. The normalized spacial score (nSPS) is 14.0. The van der Waals surface area contributed by atoms with Crippen LogP contribution in [0.4, 0.5) is 5.69 Å². The fraction of sp³-hybridized carbons (Fsp3) is 0.143. The lowest BCUT2D eigenvalue weighted by molar-refractivity contribution is 0.174. The molecule has 0 aliphatic carbocycles. The second-order valence-electron chi connectivity index (χ2n) is 2.25. The van der Waals surface area contributed by atoms with Crippen molar-refractivity contribution in [1.82, 2.24) is 0 Å². The molecule has 0 spiro atoms. The van der Waals surface area contributed by atoms with Gasteiger partial charge in [-0.1, -0.05) is 5.22 Å². The predicted molar refractivity (Wildman–Crippen MR) is 41.3 cm³/mol. The minimum absolute atomic E-state index is 0.262. The van der Waals surface area contributed by atoms with E-state index in [0.29, 0.717) is 11.4 Å². The lowest BCUT2D eigenvalue weighted by atomic mass is 10.3. The lowest BCUT2D eigenvalue weighted by Gasteiger charge is -1.94. The molecule has 0 saturated heterocycles. The van der Waals surface area contributed by atoms with Crippen LogP contribution < -0.4 is 15.3 Å². The zero-order chi connectivity index (χ0) is 8.39. The second-order valence-corrected chi connectivity index (χ2v) is 2.25. The summed E-state index contributed by atoms with van der Waals surface area (Å²) in [5.74, 6) is 6.30. The number of ether oxygens (including phenoxy) is 2. The van der Waals surface area contributed by atoms with Gasteiger partial charge in [0.05, 0.1) is 5.69 Å². The highest BCUT2D eigenvalue weighted by Crippen LogP contribution is 2.34. The average molecular weight is 165 g/mol. The summed E-state index contributed by atoms with van der Waals surface area (Å²) in [6, 6.07) is 5.24. The number of nitrogens with zero attached hydrogens (tertiary/aromatic N) is 2. The third-order valence-electron chi connectivity index (χ3n) is 1.53. The predicted octanol–water partition coefficient (Wildman–Crippen LogP) is 1.37. The van der Waals surface area contributed by atoms with Gasteiger partial charge in [0, 0.05) is 6.07 Å². The largest absolute Gasteiger partial charge is 0.454 e. The van der Waals surface area contributed by atoms with Crippen molar-refractivity contribution >= 4 is 5.69 Å². The maximum absolute atomic E-state index is 5.12. The summed E-state index contributed by atoms with van der Waals surface area (Å²) in [5.41, 5.74) is 0.654. The molecular weight excluding hydrogens is 158 g/mol. The molecule has 2 rings (SSSR count). The van der Waals surface area contributed by atoms with Gasteiger partial charge < -0.3 is 15.3 Å². The Hall–Kier alpha value is -1.78. The third-order valence-corrected chi connectivity index (χ3v) is 1.53. The van der Waals surface area contributed by atoms with Crippen LogP contribution in [0.15, 0.2) is 28.5 Å². The molecule has 5 nitrogen and oxygen atoms in total. The topological polar surface area (TPSA) is 69.2 Å². The van der Waals surface area contributed by atoms with E-state index in [1.807, 2.05) is 0 Å². The van der Waals surface area contributed by atoms with Crippen molar-refractivity contribution in [1.29, 1.82) is 0 Å². The number of fused-ring (bicyclic) bond motifs is 1. The molecule has 1 aliphatic heterocycles. The van der Waals surface area contributed by atoms with Crippen LogP contribution in [-0.2, 0) is 0 Å². The van der Waals surface area contributed by atoms with Crippen molar-refractivity contribution < 1.29 is 9.47 Å². The van der Waals surface area contributed by atoms with Crippen molar-refractivity contribution in [3.05, 3.63) is 18.2 Å². The minimum atomic E-state index is 0.262. The van der Waals surface area contributed by atoms with E-state index in [-0.39, 0.29) is 6.79 Å². The maximum Gasteiger partial charge on any atom is 0.231 e. The van der Waals surface area contributed by atoms with Crippen molar-refractivity contribution in [2.75, 3.05) is 6.79 Å². The van der Waals surface area contributed by atoms with Crippen LogP contribution in [0.5, 0.6) is 11.5 Å². The fourth-order valence-electron chi connectivity index (χ4n) is 1.01. The highest BCUT2D eigenvalue weighted by atomic mass is 16.7. The Labute approximate surface area is 68.8 Å². The highest BCUT2D eigenvalue weighted by Gasteiger charge is 2.12. The number of benzene rings is 1. The van der Waals surface area contributed by atoms with Crippen LogP contribution in [-0.4, -0.2) is 6.79 Å². The first kappa shape index (κ1) is 6.90. The SMILES string of the molecule is NN=Nc1ccc2c(c1)OCO2. The van der Waals surface area contributed by atoms with Gasteiger partial charge in [-0.3, -0.25) is 0 Å². The Kier molecular flexibility index (Phi) is 1.55. The zero-order valence-corrected chi connectivity index (χ0v) is 6.23. The molecule has 0 atom stereocenters. The molecule has 1 aliphatic rings. The highest BCUT2D eigenvalue weighted by molar-refractivity contribution is 5.52. The average Bonchev–Trinajstić information content (AvgIpc) is 2.51. The molecule has 1 aromatic carbocycles. The molecular formula is C7H7N3O2. The van der Waals surface area contributed by atoms with Gasteiger partial charge in [-0.15, -0.1) is 5.11 Å². The first-order valence-corrected chi connectivity index (χ1v) is 3.41. The van der Waals surface area contributed by atoms with Crippen LogP contribution in [0.3, 0.4) is 0 Å². The van der Waals surface area contributed by atoms with Crippen LogP contribution in [0, 0.1) is 0 Å². The number of hydrogen-bond donors (Lipinski definition) is 1. The smallest absolute Gasteiger partial charge is 0.231 e. The minimum Gasteiger partial charge on any atom is -0.454 e. The summed E-state index contributed by atoms with van der Waals surface area (Å²) >= 11 is 0. The fourth-order valence-corrected chi connectivity index (χ4v) is 1.01. The van der Waals surface area contributed by atoms with E-state index in [0.717, 1.165) is 5.75 Å². The van der Waals surface area contributed by atoms with E-state index in [2.05, 4.69) is 10.3 Å². The summed E-state index contributed by atoms with van der Waals surface area (Å²) in [5, 5.41) is 6.81. The summed E-state index contributed by atoms with van der Waals surface area (Å²) in [4.78, 5) is 0. The molecule has 0 aromatic heterocycles. The molecule has 5 heteroatoms. The van der Waals surface area contributed by atoms with Gasteiger partial charge in [0.25, 0.3) is 0 Å². The molecule has 1 heterocycles. The molecule has 0 saturated carbocycles. The van der Waals surface area contributed by atoms with Gasteiger partial charge in [0.15, 0.2) is 11.5 Å². The number of nitrogens with two attached hydrogens (primary N) is 1. The van der Waals surface area contributed by atoms with Gasteiger partial charge in [-0.05, 0) is 12.1 Å². The van der Waals surface area contributed by atoms with Gasteiger partial charge in [0.1, 0.15) is 0 Å². The molecule has 2 N–H and O–H groups in total. The molecule has 62 valence electrons. The summed E-state index contributed by atoms with van der Waals surface area (Å²) in [7, 11) is 0. The third kappa shape index (κ3) is 1.05. The summed E-state index contributed by atoms with van der Waals surface area (Å²) < 4.78 is 10.2. The van der Waals surface area contributed by atoms with E-state index in [1.54, 1.807) is 18.2 Å². The van der Waals surface area contributed by atoms with E-state index < -0.39 is 0 Å². The van der Waals surface area contributed by atoms with Gasteiger partial charge in [-0.25, -0.2) is 0 Å². The molecule has 1 aromatic rings. The van der Waals surface area contributed by atoms with E-state index in [1.165, 1.54) is 0 Å². The first-order chi connectivity index (χ1) is 5.90.